The Labute approximate surface area is 266 Å². The van der Waals surface area contributed by atoms with Gasteiger partial charge in [0.05, 0.1) is 0 Å². The maximum atomic E-state index is 14.3. The van der Waals surface area contributed by atoms with E-state index in [1.54, 1.807) is 0 Å². The molecule has 0 unspecified atom stereocenters. The predicted octanol–water partition coefficient (Wildman–Crippen LogP) is 10.7. The van der Waals surface area contributed by atoms with E-state index in [1.807, 2.05) is 0 Å². The minimum absolute atomic E-state index is 0.131. The molecule has 0 heterocycles. The first-order valence-electron chi connectivity index (χ1n) is 18.2. The molecule has 2 atom stereocenters. The number of carbonyl (C=O) groups excluding carboxylic acids is 2. The molecule has 1 aromatic carbocycles. The summed E-state index contributed by atoms with van der Waals surface area (Å²) in [6.45, 7) is 4.31. The van der Waals surface area contributed by atoms with Crippen molar-refractivity contribution >= 4 is 11.9 Å². The van der Waals surface area contributed by atoms with Crippen LogP contribution in [0.1, 0.15) is 166 Å². The van der Waals surface area contributed by atoms with Crippen molar-refractivity contribution in [2.24, 2.45) is 5.92 Å². The number of rotatable bonds is 20. The first kappa shape index (κ1) is 36.5. The molecule has 0 spiro atoms. The van der Waals surface area contributed by atoms with Gasteiger partial charge in [0, 0.05) is 0 Å². The zero-order valence-corrected chi connectivity index (χ0v) is 27.7. The van der Waals surface area contributed by atoms with Gasteiger partial charge in [-0.25, -0.2) is 18.4 Å². The molecule has 1 aromatic rings. The van der Waals surface area contributed by atoms with E-state index >= 15 is 0 Å². The maximum Gasteiger partial charge on any atom is 0.340 e. The average molecular weight is 619 g/mol. The lowest BCUT2D eigenvalue weighted by Gasteiger charge is -2.29. The first-order chi connectivity index (χ1) is 21.4. The van der Waals surface area contributed by atoms with Crippen molar-refractivity contribution in [2.45, 2.75) is 186 Å². The molecule has 0 saturated heterocycles. The van der Waals surface area contributed by atoms with Crippen LogP contribution in [0.5, 0.6) is 0 Å². The third-order valence-electron chi connectivity index (χ3n) is 9.96. The van der Waals surface area contributed by atoms with Gasteiger partial charge in [-0.05, 0) is 113 Å². The largest absolute Gasteiger partial charge is 0.460 e. The fourth-order valence-corrected chi connectivity index (χ4v) is 6.95. The monoisotopic (exact) mass is 618 g/mol. The fourth-order valence-electron chi connectivity index (χ4n) is 6.95. The number of halogens is 2. The Morgan fingerprint density at radius 1 is 0.659 bits per heavy atom. The average Bonchev–Trinajstić information content (AvgIpc) is 3.04. The van der Waals surface area contributed by atoms with Gasteiger partial charge in [0.1, 0.15) is 12.2 Å². The van der Waals surface area contributed by atoms with E-state index in [0.717, 1.165) is 116 Å². The lowest BCUT2D eigenvalue weighted by molar-refractivity contribution is -0.158. The molecule has 2 aliphatic carbocycles. The Bertz CT molecular complexity index is 919. The summed E-state index contributed by atoms with van der Waals surface area (Å²) in [5.74, 6) is -0.246. The van der Waals surface area contributed by atoms with Crippen molar-refractivity contribution in [1.29, 1.82) is 0 Å². The number of alkyl halides is 2. The third kappa shape index (κ3) is 13.6. The molecule has 0 N–H and O–H groups in total. The summed E-state index contributed by atoms with van der Waals surface area (Å²) in [5, 5.41) is 0. The SMILES string of the molecule is CCCCCCC[C@H](F)C(=O)O[C@H]1CC[C@H](CCc2ccc([C@H]3CC[C@H](OC(=O)[C@@H](F)CCCCCCC)CC3)cc2)CC1. The third-order valence-corrected chi connectivity index (χ3v) is 9.96. The van der Waals surface area contributed by atoms with Crippen molar-refractivity contribution in [3.05, 3.63) is 35.4 Å². The lowest BCUT2D eigenvalue weighted by Crippen LogP contribution is -2.29. The van der Waals surface area contributed by atoms with Crippen molar-refractivity contribution in [2.75, 3.05) is 0 Å². The van der Waals surface area contributed by atoms with Crippen LogP contribution in [0.25, 0.3) is 0 Å². The molecule has 2 fully saturated rings. The number of benzene rings is 1. The van der Waals surface area contributed by atoms with Gasteiger partial charge in [0.25, 0.3) is 0 Å². The van der Waals surface area contributed by atoms with Crippen LogP contribution in [-0.4, -0.2) is 36.5 Å². The van der Waals surface area contributed by atoms with Gasteiger partial charge in [-0.15, -0.1) is 0 Å². The second-order valence-electron chi connectivity index (χ2n) is 13.6. The van der Waals surface area contributed by atoms with Gasteiger partial charge in [-0.3, -0.25) is 0 Å². The zero-order chi connectivity index (χ0) is 31.6. The highest BCUT2D eigenvalue weighted by Crippen LogP contribution is 2.35. The molecular weight excluding hydrogens is 558 g/mol. The van der Waals surface area contributed by atoms with E-state index < -0.39 is 24.3 Å². The summed E-state index contributed by atoms with van der Waals surface area (Å²) in [6.07, 6.45) is 17.0. The minimum atomic E-state index is -1.49. The summed E-state index contributed by atoms with van der Waals surface area (Å²) < 4.78 is 39.6. The number of carbonyl (C=O) groups is 2. The van der Waals surface area contributed by atoms with Crippen LogP contribution in [-0.2, 0) is 25.5 Å². The van der Waals surface area contributed by atoms with Gasteiger partial charge in [0.2, 0.25) is 0 Å². The van der Waals surface area contributed by atoms with Crippen molar-refractivity contribution in [3.8, 4) is 0 Å². The Morgan fingerprint density at radius 2 is 1.11 bits per heavy atom. The standard InChI is InChI=1S/C38H60F2O4/c1-3-5-7-9-11-13-35(39)37(41)43-33-25-19-30(20-26-33)16-15-29-17-21-31(22-18-29)32-23-27-34(28-24-32)44-38(42)36(40)14-12-10-8-6-4-2/h17-18,21-22,30,32-36H,3-16,19-20,23-28H2,1-2H3/t30-,32-,33-,34-,35-,36-/m0/s1. The Morgan fingerprint density at radius 3 is 1.59 bits per heavy atom. The van der Waals surface area contributed by atoms with Crippen LogP contribution in [0.2, 0.25) is 0 Å². The van der Waals surface area contributed by atoms with E-state index in [4.69, 9.17) is 9.47 Å². The summed E-state index contributed by atoms with van der Waals surface area (Å²) in [7, 11) is 0. The number of aryl methyl sites for hydroxylation is 1. The van der Waals surface area contributed by atoms with E-state index in [-0.39, 0.29) is 25.0 Å². The molecule has 0 bridgehead atoms. The molecule has 2 saturated carbocycles. The molecule has 0 aromatic heterocycles. The Kier molecular flexibility index (Phi) is 17.4. The Balaban J connectivity index is 1.27. The summed E-state index contributed by atoms with van der Waals surface area (Å²) in [4.78, 5) is 24.4. The smallest absolute Gasteiger partial charge is 0.340 e. The molecule has 0 aliphatic heterocycles. The highest BCUT2D eigenvalue weighted by atomic mass is 19.1. The van der Waals surface area contributed by atoms with Crippen LogP contribution in [0.15, 0.2) is 24.3 Å². The second-order valence-corrected chi connectivity index (χ2v) is 13.6. The summed E-state index contributed by atoms with van der Waals surface area (Å²) in [5.41, 5.74) is 2.68. The quantitative estimate of drug-likeness (QED) is 0.108. The molecular formula is C38H60F2O4. The molecule has 250 valence electrons. The zero-order valence-electron chi connectivity index (χ0n) is 27.7. The molecule has 4 nitrogen and oxygen atoms in total. The van der Waals surface area contributed by atoms with Crippen LogP contribution >= 0.6 is 0 Å². The van der Waals surface area contributed by atoms with Crippen molar-refractivity contribution in [3.63, 3.8) is 0 Å². The topological polar surface area (TPSA) is 52.6 Å². The molecule has 6 heteroatoms. The number of ether oxygens (including phenoxy) is 2. The highest BCUT2D eigenvalue weighted by molar-refractivity contribution is 5.75. The van der Waals surface area contributed by atoms with Crippen molar-refractivity contribution in [1.82, 2.24) is 0 Å². The molecule has 0 radical (unpaired) electrons. The first-order valence-corrected chi connectivity index (χ1v) is 18.2. The van der Waals surface area contributed by atoms with Gasteiger partial charge in [-0.2, -0.15) is 0 Å². The van der Waals surface area contributed by atoms with E-state index in [1.165, 1.54) is 24.0 Å². The number of esters is 2. The van der Waals surface area contributed by atoms with E-state index in [2.05, 4.69) is 38.1 Å². The van der Waals surface area contributed by atoms with Gasteiger partial charge < -0.3 is 9.47 Å². The summed E-state index contributed by atoms with van der Waals surface area (Å²) >= 11 is 0. The molecule has 3 rings (SSSR count). The maximum absolute atomic E-state index is 14.3. The summed E-state index contributed by atoms with van der Waals surface area (Å²) in [6, 6.07) is 8.98. The normalized spacial score (nSPS) is 23.5. The number of hydrogen-bond donors (Lipinski definition) is 0. The minimum Gasteiger partial charge on any atom is -0.460 e. The highest BCUT2D eigenvalue weighted by Gasteiger charge is 2.29. The van der Waals surface area contributed by atoms with Gasteiger partial charge in [-0.1, -0.05) is 89.5 Å². The number of hydrogen-bond acceptors (Lipinski definition) is 4. The van der Waals surface area contributed by atoms with E-state index in [0.29, 0.717) is 11.8 Å². The molecule has 44 heavy (non-hydrogen) atoms. The van der Waals surface area contributed by atoms with Gasteiger partial charge in [0.15, 0.2) is 12.3 Å². The van der Waals surface area contributed by atoms with Crippen molar-refractivity contribution < 1.29 is 27.8 Å². The van der Waals surface area contributed by atoms with E-state index in [9.17, 15) is 18.4 Å². The lowest BCUT2D eigenvalue weighted by atomic mass is 9.81. The van der Waals surface area contributed by atoms with Crippen LogP contribution < -0.4 is 0 Å². The Hall–Kier alpha value is -1.98. The molecule has 0 amide bonds. The number of unbranched alkanes of at least 4 members (excludes halogenated alkanes) is 8. The van der Waals surface area contributed by atoms with Gasteiger partial charge >= 0.3 is 11.9 Å². The van der Waals surface area contributed by atoms with Crippen LogP contribution in [0, 0.1) is 5.92 Å². The van der Waals surface area contributed by atoms with Crippen LogP contribution in [0.4, 0.5) is 8.78 Å². The fraction of sp³-hybridized carbons (Fsp3) is 0.789. The molecule has 2 aliphatic rings. The second kappa shape index (κ2) is 20.9. The van der Waals surface area contributed by atoms with Crippen LogP contribution in [0.3, 0.4) is 0 Å². The predicted molar refractivity (Wildman–Crippen MR) is 174 cm³/mol.